The molecule has 0 aliphatic heterocycles. The van der Waals surface area contributed by atoms with Crippen molar-refractivity contribution in [2.45, 2.75) is 26.3 Å². The van der Waals surface area contributed by atoms with Gasteiger partial charge in [-0.1, -0.05) is 26.3 Å². The molecule has 1 N–H and O–H groups in total. The largest absolute Gasteiger partial charge is 0.467 e. The summed E-state index contributed by atoms with van der Waals surface area (Å²) in [6.07, 6.45) is 0.617. The Hall–Kier alpha value is -1.98. The van der Waals surface area contributed by atoms with Crippen molar-refractivity contribution in [2.24, 2.45) is 5.92 Å². The van der Waals surface area contributed by atoms with Gasteiger partial charge in [-0.3, -0.25) is 4.79 Å². The molecule has 4 nitrogen and oxygen atoms in total. The zero-order valence-corrected chi connectivity index (χ0v) is 11.6. The molecular formula is C14H17F2NO3. The number of esters is 1. The summed E-state index contributed by atoms with van der Waals surface area (Å²) in [5, 5.41) is 2.38. The van der Waals surface area contributed by atoms with Gasteiger partial charge in [-0.15, -0.1) is 0 Å². The number of carbonyl (C=O) groups is 2. The first-order chi connectivity index (χ1) is 9.42. The normalized spacial score (nSPS) is 13.4. The average Bonchev–Trinajstić information content (AvgIpc) is 2.45. The number of halogens is 2. The van der Waals surface area contributed by atoms with Crippen LogP contribution in [0.5, 0.6) is 0 Å². The summed E-state index contributed by atoms with van der Waals surface area (Å²) in [5.41, 5.74) is -0.442. The maximum absolute atomic E-state index is 13.5. The molecule has 0 spiro atoms. The van der Waals surface area contributed by atoms with E-state index in [-0.39, 0.29) is 5.92 Å². The van der Waals surface area contributed by atoms with Gasteiger partial charge in [-0.2, -0.15) is 0 Å². The zero-order valence-electron chi connectivity index (χ0n) is 11.6. The molecule has 0 heterocycles. The summed E-state index contributed by atoms with van der Waals surface area (Å²) >= 11 is 0. The summed E-state index contributed by atoms with van der Waals surface area (Å²) in [5.74, 6) is -4.01. The third kappa shape index (κ3) is 3.53. The second-order valence-electron chi connectivity index (χ2n) is 4.46. The number of methoxy groups -OCH3 is 1. The van der Waals surface area contributed by atoms with Gasteiger partial charge >= 0.3 is 5.97 Å². The lowest BCUT2D eigenvalue weighted by atomic mass is 9.98. The van der Waals surface area contributed by atoms with Crippen molar-refractivity contribution in [3.63, 3.8) is 0 Å². The van der Waals surface area contributed by atoms with Crippen LogP contribution in [0.15, 0.2) is 18.2 Å². The fourth-order valence-corrected chi connectivity index (χ4v) is 1.69. The van der Waals surface area contributed by atoms with Crippen molar-refractivity contribution >= 4 is 11.9 Å². The lowest BCUT2D eigenvalue weighted by molar-refractivity contribution is -0.144. The van der Waals surface area contributed by atoms with Gasteiger partial charge in [0.15, 0.2) is 11.6 Å². The molecule has 0 aliphatic carbocycles. The molecule has 2 atom stereocenters. The fourth-order valence-electron chi connectivity index (χ4n) is 1.69. The van der Waals surface area contributed by atoms with Gasteiger partial charge in [0.25, 0.3) is 5.91 Å². The maximum Gasteiger partial charge on any atom is 0.328 e. The van der Waals surface area contributed by atoms with E-state index in [0.29, 0.717) is 6.42 Å². The predicted molar refractivity (Wildman–Crippen MR) is 69.1 cm³/mol. The van der Waals surface area contributed by atoms with E-state index >= 15 is 0 Å². The van der Waals surface area contributed by atoms with Crippen LogP contribution in [0.3, 0.4) is 0 Å². The van der Waals surface area contributed by atoms with Crippen LogP contribution in [0.1, 0.15) is 30.6 Å². The molecule has 0 aliphatic rings. The van der Waals surface area contributed by atoms with E-state index in [9.17, 15) is 18.4 Å². The Bertz CT molecular complexity index is 505. The van der Waals surface area contributed by atoms with E-state index in [1.165, 1.54) is 13.2 Å². The summed E-state index contributed by atoms with van der Waals surface area (Å²) in [7, 11) is 1.20. The Kier molecular flexibility index (Phi) is 5.61. The molecule has 0 fully saturated rings. The van der Waals surface area contributed by atoms with Crippen molar-refractivity contribution in [1.82, 2.24) is 5.32 Å². The first-order valence-corrected chi connectivity index (χ1v) is 6.25. The van der Waals surface area contributed by atoms with Crippen LogP contribution in [-0.4, -0.2) is 25.0 Å². The highest BCUT2D eigenvalue weighted by Crippen LogP contribution is 2.14. The number of hydrogen-bond donors (Lipinski definition) is 1. The monoisotopic (exact) mass is 285 g/mol. The lowest BCUT2D eigenvalue weighted by Crippen LogP contribution is -2.45. The van der Waals surface area contributed by atoms with E-state index < -0.39 is 35.1 Å². The molecule has 0 saturated heterocycles. The lowest BCUT2D eigenvalue weighted by Gasteiger charge is -2.21. The van der Waals surface area contributed by atoms with Crippen molar-refractivity contribution in [3.8, 4) is 0 Å². The van der Waals surface area contributed by atoms with Crippen molar-refractivity contribution in [2.75, 3.05) is 7.11 Å². The molecule has 0 saturated carbocycles. The highest BCUT2D eigenvalue weighted by molar-refractivity contribution is 5.97. The second-order valence-corrected chi connectivity index (χ2v) is 4.46. The summed E-state index contributed by atoms with van der Waals surface area (Å²) < 4.78 is 31.2. The number of nitrogens with one attached hydrogen (secondary N) is 1. The summed E-state index contributed by atoms with van der Waals surface area (Å²) in [4.78, 5) is 23.6. The zero-order chi connectivity index (χ0) is 15.3. The fraction of sp³-hybridized carbons (Fsp3) is 0.429. The number of carbonyl (C=O) groups excluding carboxylic acids is 2. The first-order valence-electron chi connectivity index (χ1n) is 6.25. The van der Waals surface area contributed by atoms with E-state index in [1.807, 2.05) is 6.92 Å². The van der Waals surface area contributed by atoms with E-state index in [0.717, 1.165) is 12.1 Å². The van der Waals surface area contributed by atoms with Crippen LogP contribution in [0.25, 0.3) is 0 Å². The predicted octanol–water partition coefficient (Wildman–Crippen LogP) is 2.28. The van der Waals surface area contributed by atoms with Gasteiger partial charge in [0, 0.05) is 0 Å². The number of amides is 1. The van der Waals surface area contributed by atoms with Gasteiger partial charge < -0.3 is 10.1 Å². The molecule has 110 valence electrons. The number of hydrogen-bond acceptors (Lipinski definition) is 3. The second kappa shape index (κ2) is 6.98. The Labute approximate surface area is 116 Å². The number of benzene rings is 1. The SMILES string of the molecule is CC[C@H](C)[C@H](NC(=O)c1cccc(F)c1F)C(=O)OC. The highest BCUT2D eigenvalue weighted by atomic mass is 19.2. The minimum absolute atomic E-state index is 0.192. The van der Waals surface area contributed by atoms with Crippen LogP contribution < -0.4 is 5.32 Å². The van der Waals surface area contributed by atoms with Crippen molar-refractivity contribution < 1.29 is 23.1 Å². The van der Waals surface area contributed by atoms with E-state index in [1.54, 1.807) is 6.92 Å². The van der Waals surface area contributed by atoms with Gasteiger partial charge in [-0.25, -0.2) is 13.6 Å². The summed E-state index contributed by atoms with van der Waals surface area (Å²) in [6.45, 7) is 3.60. The highest BCUT2D eigenvalue weighted by Gasteiger charge is 2.28. The van der Waals surface area contributed by atoms with Crippen LogP contribution in [0.4, 0.5) is 8.78 Å². The van der Waals surface area contributed by atoms with Crippen LogP contribution >= 0.6 is 0 Å². The third-order valence-electron chi connectivity index (χ3n) is 3.15. The molecule has 20 heavy (non-hydrogen) atoms. The van der Waals surface area contributed by atoms with E-state index in [4.69, 9.17) is 0 Å². The molecule has 0 unspecified atom stereocenters. The topological polar surface area (TPSA) is 55.4 Å². The molecule has 6 heteroatoms. The minimum Gasteiger partial charge on any atom is -0.467 e. The quantitative estimate of drug-likeness (QED) is 0.844. The molecule has 1 aromatic carbocycles. The maximum atomic E-state index is 13.5. The molecule has 1 rings (SSSR count). The van der Waals surface area contributed by atoms with E-state index in [2.05, 4.69) is 10.1 Å². The smallest absolute Gasteiger partial charge is 0.328 e. The number of rotatable bonds is 5. The van der Waals surface area contributed by atoms with Crippen molar-refractivity contribution in [3.05, 3.63) is 35.4 Å². The van der Waals surface area contributed by atoms with Crippen LogP contribution in [0, 0.1) is 17.6 Å². The average molecular weight is 285 g/mol. The molecular weight excluding hydrogens is 268 g/mol. The molecule has 0 bridgehead atoms. The first kappa shape index (κ1) is 16.1. The van der Waals surface area contributed by atoms with Crippen molar-refractivity contribution in [1.29, 1.82) is 0 Å². The molecule has 1 amide bonds. The van der Waals surface area contributed by atoms with Gasteiger partial charge in [0.2, 0.25) is 0 Å². The summed E-state index contributed by atoms with van der Waals surface area (Å²) in [6, 6.07) is 2.39. The Morgan fingerprint density at radius 1 is 1.35 bits per heavy atom. The Morgan fingerprint density at radius 3 is 2.55 bits per heavy atom. The van der Waals surface area contributed by atoms with Gasteiger partial charge in [0.05, 0.1) is 12.7 Å². The van der Waals surface area contributed by atoms with Crippen LogP contribution in [0.2, 0.25) is 0 Å². The number of ether oxygens (including phenoxy) is 1. The van der Waals surface area contributed by atoms with Gasteiger partial charge in [-0.05, 0) is 18.1 Å². The van der Waals surface area contributed by atoms with Crippen LogP contribution in [-0.2, 0) is 9.53 Å². The standard InChI is InChI=1S/C14H17F2NO3/c1-4-8(2)12(14(19)20-3)17-13(18)9-6-5-7-10(15)11(9)16/h5-8,12H,4H2,1-3H3,(H,17,18)/t8-,12-/m0/s1. The Morgan fingerprint density at radius 2 is 2.00 bits per heavy atom. The molecule has 0 aromatic heterocycles. The molecule has 1 aromatic rings. The third-order valence-corrected chi connectivity index (χ3v) is 3.15. The minimum atomic E-state index is -1.24. The van der Waals surface area contributed by atoms with Gasteiger partial charge in [0.1, 0.15) is 6.04 Å². The molecule has 0 radical (unpaired) electrons. The Balaban J connectivity index is 2.96.